The number of rotatable bonds is 7. The van der Waals surface area contributed by atoms with Crippen molar-refractivity contribution < 1.29 is 27.4 Å². The molecule has 190 valence electrons. The maximum absolute atomic E-state index is 13.3. The van der Waals surface area contributed by atoms with Crippen molar-refractivity contribution in [2.45, 2.75) is 6.18 Å². The molecule has 4 rings (SSSR count). The zero-order valence-corrected chi connectivity index (χ0v) is 19.9. The standard InChI is InChI=1S/C25H18ClF3N4O4/c1-36-20-10-14(9-18(26)22(20)37-13-21(30)34)12-31-33-23(15-5-4-6-16(11-15)25(27,28)29)32-19-8-3-2-7-17(19)24(33)35/h2-12H,13H2,1H3,(H2,30,34). The van der Waals surface area contributed by atoms with Crippen LogP contribution in [0.4, 0.5) is 13.2 Å². The smallest absolute Gasteiger partial charge is 0.416 e. The van der Waals surface area contributed by atoms with Gasteiger partial charge < -0.3 is 15.2 Å². The molecule has 37 heavy (non-hydrogen) atoms. The second-order valence-electron chi connectivity index (χ2n) is 7.68. The van der Waals surface area contributed by atoms with Gasteiger partial charge >= 0.3 is 6.18 Å². The summed E-state index contributed by atoms with van der Waals surface area (Å²) in [7, 11) is 1.35. The molecule has 1 aromatic heterocycles. The minimum absolute atomic E-state index is 0.0423. The van der Waals surface area contributed by atoms with E-state index < -0.39 is 29.8 Å². The molecule has 0 fully saturated rings. The largest absolute Gasteiger partial charge is 0.493 e. The third-order valence-electron chi connectivity index (χ3n) is 5.13. The van der Waals surface area contributed by atoms with Crippen molar-refractivity contribution in [2.24, 2.45) is 10.8 Å². The first-order chi connectivity index (χ1) is 17.6. The molecular formula is C25H18ClF3N4O4. The van der Waals surface area contributed by atoms with Gasteiger partial charge in [-0.25, -0.2) is 4.98 Å². The number of ether oxygens (including phenoxy) is 2. The summed E-state index contributed by atoms with van der Waals surface area (Å²) >= 11 is 6.27. The lowest BCUT2D eigenvalue weighted by atomic mass is 10.1. The normalized spacial score (nSPS) is 11.7. The number of alkyl halides is 3. The highest BCUT2D eigenvalue weighted by Crippen LogP contribution is 2.36. The maximum atomic E-state index is 13.3. The van der Waals surface area contributed by atoms with Crippen LogP contribution in [0.3, 0.4) is 0 Å². The summed E-state index contributed by atoms with van der Waals surface area (Å²) in [5.74, 6) is -0.564. The van der Waals surface area contributed by atoms with Crippen LogP contribution in [0.1, 0.15) is 11.1 Å². The summed E-state index contributed by atoms with van der Waals surface area (Å²) in [4.78, 5) is 28.8. The molecule has 3 aromatic carbocycles. The highest BCUT2D eigenvalue weighted by atomic mass is 35.5. The summed E-state index contributed by atoms with van der Waals surface area (Å²) in [6, 6.07) is 13.8. The van der Waals surface area contributed by atoms with E-state index in [1.54, 1.807) is 18.2 Å². The average Bonchev–Trinajstić information content (AvgIpc) is 2.86. The number of halogens is 4. The lowest BCUT2D eigenvalue weighted by Gasteiger charge is -2.13. The predicted octanol–water partition coefficient (Wildman–Crippen LogP) is 4.49. The van der Waals surface area contributed by atoms with Gasteiger partial charge in [-0.3, -0.25) is 9.59 Å². The van der Waals surface area contributed by atoms with Crippen molar-refractivity contribution in [1.82, 2.24) is 9.66 Å². The quantitative estimate of drug-likeness (QED) is 0.354. The van der Waals surface area contributed by atoms with Crippen LogP contribution in [-0.4, -0.2) is 35.5 Å². The summed E-state index contributed by atoms with van der Waals surface area (Å²) < 4.78 is 51.5. The summed E-state index contributed by atoms with van der Waals surface area (Å²) in [5, 5.41) is 4.52. The number of methoxy groups -OCH3 is 1. The van der Waals surface area contributed by atoms with Crippen molar-refractivity contribution in [2.75, 3.05) is 13.7 Å². The van der Waals surface area contributed by atoms with Crippen LogP contribution in [0.5, 0.6) is 11.5 Å². The molecular weight excluding hydrogens is 513 g/mol. The Labute approximate surface area is 212 Å². The Morgan fingerprint density at radius 3 is 2.62 bits per heavy atom. The molecule has 0 spiro atoms. The second kappa shape index (κ2) is 10.3. The number of para-hydroxylation sites is 1. The third-order valence-corrected chi connectivity index (χ3v) is 5.42. The Morgan fingerprint density at radius 1 is 1.16 bits per heavy atom. The van der Waals surface area contributed by atoms with Gasteiger partial charge in [0.2, 0.25) is 0 Å². The van der Waals surface area contributed by atoms with E-state index in [2.05, 4.69) is 10.1 Å². The molecule has 0 aliphatic rings. The third kappa shape index (κ3) is 5.56. The number of benzene rings is 3. The van der Waals surface area contributed by atoms with E-state index in [1.165, 1.54) is 43.7 Å². The Kier molecular flexibility index (Phi) is 7.16. The molecule has 0 aliphatic carbocycles. The zero-order chi connectivity index (χ0) is 26.7. The lowest BCUT2D eigenvalue weighted by molar-refractivity contribution is -0.137. The topological polar surface area (TPSA) is 109 Å². The number of carbonyl (C=O) groups is 1. The minimum Gasteiger partial charge on any atom is -0.493 e. The SMILES string of the molecule is COc1cc(C=Nn2c(-c3cccc(C(F)(F)F)c3)nc3ccccc3c2=O)cc(Cl)c1OCC(N)=O. The van der Waals surface area contributed by atoms with Crippen molar-refractivity contribution in [3.05, 3.63) is 87.2 Å². The number of hydrogen-bond acceptors (Lipinski definition) is 6. The first kappa shape index (κ1) is 25.7. The van der Waals surface area contributed by atoms with E-state index in [0.29, 0.717) is 11.1 Å². The van der Waals surface area contributed by atoms with Gasteiger partial charge in [-0.15, -0.1) is 0 Å². The monoisotopic (exact) mass is 530 g/mol. The van der Waals surface area contributed by atoms with Gasteiger partial charge in [0.15, 0.2) is 23.9 Å². The van der Waals surface area contributed by atoms with Crippen LogP contribution in [0.25, 0.3) is 22.3 Å². The summed E-state index contributed by atoms with van der Waals surface area (Å²) in [6.07, 6.45) is -3.33. The fraction of sp³-hybridized carbons (Fsp3) is 0.120. The second-order valence-corrected chi connectivity index (χ2v) is 8.09. The molecule has 12 heteroatoms. The number of aromatic nitrogens is 2. The van der Waals surface area contributed by atoms with Gasteiger partial charge in [0.1, 0.15) is 0 Å². The first-order valence-electron chi connectivity index (χ1n) is 10.6. The Morgan fingerprint density at radius 2 is 1.92 bits per heavy atom. The highest BCUT2D eigenvalue weighted by molar-refractivity contribution is 6.32. The Bertz CT molecular complexity index is 1580. The first-order valence-corrected chi connectivity index (χ1v) is 11.0. The van der Waals surface area contributed by atoms with E-state index in [4.69, 9.17) is 26.8 Å². The van der Waals surface area contributed by atoms with Crippen LogP contribution < -0.4 is 20.8 Å². The van der Waals surface area contributed by atoms with E-state index in [1.807, 2.05) is 0 Å². The molecule has 0 saturated heterocycles. The van der Waals surface area contributed by atoms with E-state index in [-0.39, 0.29) is 33.3 Å². The van der Waals surface area contributed by atoms with Gasteiger partial charge in [-0.1, -0.05) is 35.9 Å². The van der Waals surface area contributed by atoms with Crippen LogP contribution in [-0.2, 0) is 11.0 Å². The van der Waals surface area contributed by atoms with Gasteiger partial charge in [-0.05, 0) is 42.0 Å². The molecule has 1 heterocycles. The van der Waals surface area contributed by atoms with Gasteiger partial charge in [-0.2, -0.15) is 22.9 Å². The van der Waals surface area contributed by atoms with Crippen LogP contribution in [0.15, 0.2) is 70.6 Å². The number of fused-ring (bicyclic) bond motifs is 1. The molecule has 8 nitrogen and oxygen atoms in total. The van der Waals surface area contributed by atoms with E-state index in [0.717, 1.165) is 16.8 Å². The van der Waals surface area contributed by atoms with Gasteiger partial charge in [0.25, 0.3) is 11.5 Å². The molecule has 1 amide bonds. The van der Waals surface area contributed by atoms with Crippen molar-refractivity contribution in [3.8, 4) is 22.9 Å². The van der Waals surface area contributed by atoms with E-state index in [9.17, 15) is 22.8 Å². The molecule has 0 bridgehead atoms. The molecule has 0 unspecified atom stereocenters. The Hall–Kier alpha value is -4.38. The number of hydrogen-bond donors (Lipinski definition) is 1. The summed E-state index contributed by atoms with van der Waals surface area (Å²) in [5.41, 5.74) is 4.32. The molecule has 0 saturated carbocycles. The van der Waals surface area contributed by atoms with Crippen LogP contribution in [0, 0.1) is 0 Å². The summed E-state index contributed by atoms with van der Waals surface area (Å²) in [6.45, 7) is -0.429. The number of primary amides is 1. The van der Waals surface area contributed by atoms with E-state index >= 15 is 0 Å². The van der Waals surface area contributed by atoms with Crippen molar-refractivity contribution in [1.29, 1.82) is 0 Å². The number of nitrogens with two attached hydrogens (primary N) is 1. The maximum Gasteiger partial charge on any atom is 0.416 e. The fourth-order valence-corrected chi connectivity index (χ4v) is 3.75. The minimum atomic E-state index is -4.59. The molecule has 4 aromatic rings. The molecule has 2 N–H and O–H groups in total. The zero-order valence-electron chi connectivity index (χ0n) is 19.1. The van der Waals surface area contributed by atoms with Crippen molar-refractivity contribution >= 4 is 34.6 Å². The molecule has 0 atom stereocenters. The van der Waals surface area contributed by atoms with Gasteiger partial charge in [0, 0.05) is 5.56 Å². The van der Waals surface area contributed by atoms with Gasteiger partial charge in [0.05, 0.1) is 34.8 Å². The molecule has 0 radical (unpaired) electrons. The predicted molar refractivity (Wildman–Crippen MR) is 132 cm³/mol. The van der Waals surface area contributed by atoms with Crippen LogP contribution >= 0.6 is 11.6 Å². The number of amides is 1. The Balaban J connectivity index is 1.85. The average molecular weight is 531 g/mol. The highest BCUT2D eigenvalue weighted by Gasteiger charge is 2.31. The van der Waals surface area contributed by atoms with Crippen molar-refractivity contribution in [3.63, 3.8) is 0 Å². The fourth-order valence-electron chi connectivity index (χ4n) is 3.47. The lowest BCUT2D eigenvalue weighted by Crippen LogP contribution is -2.21. The van der Waals surface area contributed by atoms with Crippen LogP contribution in [0.2, 0.25) is 5.02 Å². The number of nitrogens with zero attached hydrogens (tertiary/aromatic N) is 3. The number of carbonyl (C=O) groups excluding carboxylic acids is 1. The molecule has 0 aliphatic heterocycles.